The number of carbonyl (C=O) groups is 3. The highest BCUT2D eigenvalue weighted by Gasteiger charge is 2.40. The summed E-state index contributed by atoms with van der Waals surface area (Å²) in [5, 5.41) is 15.1. The lowest BCUT2D eigenvalue weighted by molar-refractivity contribution is -0.154. The summed E-state index contributed by atoms with van der Waals surface area (Å²) in [7, 11) is 0. The van der Waals surface area contributed by atoms with Gasteiger partial charge in [-0.1, -0.05) is 55.5 Å². The summed E-state index contributed by atoms with van der Waals surface area (Å²) in [5.74, 6) is -1.53. The fourth-order valence-corrected chi connectivity index (χ4v) is 4.83. The van der Waals surface area contributed by atoms with Gasteiger partial charge in [0.05, 0.1) is 5.41 Å². The standard InChI is InChI=1S/C27H32N2O6/c1-18(24(30)29-17-27(25(31)32)11-14-34-15-12-27)10-13-28-26(33)35-16-23-21-8-4-2-6-19(21)20-7-3-5-9-22(20)23/h2-9,18,23H,10-17H2,1H3,(H,28,33)(H,29,30)(H,31,32). The molecule has 0 radical (unpaired) electrons. The summed E-state index contributed by atoms with van der Waals surface area (Å²) in [6.07, 6.45) is 0.645. The third-order valence-electron chi connectivity index (χ3n) is 7.14. The van der Waals surface area contributed by atoms with E-state index < -0.39 is 17.5 Å². The van der Waals surface area contributed by atoms with E-state index in [9.17, 15) is 19.5 Å². The molecule has 1 aliphatic heterocycles. The number of rotatable bonds is 9. The molecule has 4 rings (SSSR count). The number of carboxylic acid groups (broad SMARTS) is 1. The Balaban J connectivity index is 1.21. The second-order valence-electron chi connectivity index (χ2n) is 9.36. The normalized spacial score (nSPS) is 17.1. The van der Waals surface area contributed by atoms with E-state index in [1.807, 2.05) is 24.3 Å². The van der Waals surface area contributed by atoms with Crippen LogP contribution in [0.4, 0.5) is 4.79 Å². The van der Waals surface area contributed by atoms with Crippen LogP contribution >= 0.6 is 0 Å². The SMILES string of the molecule is CC(CCNC(=O)OCC1c2ccccc2-c2ccccc21)C(=O)NCC1(C(=O)O)CCOCC1. The zero-order valence-corrected chi connectivity index (χ0v) is 19.9. The molecule has 1 saturated heterocycles. The third kappa shape index (κ3) is 5.48. The van der Waals surface area contributed by atoms with Gasteiger partial charge in [0.15, 0.2) is 0 Å². The van der Waals surface area contributed by atoms with Crippen LogP contribution in [0.1, 0.15) is 43.2 Å². The van der Waals surface area contributed by atoms with E-state index >= 15 is 0 Å². The Morgan fingerprint density at radius 3 is 2.23 bits per heavy atom. The van der Waals surface area contributed by atoms with Crippen LogP contribution in [0, 0.1) is 11.3 Å². The molecule has 2 aromatic carbocycles. The number of hydrogen-bond donors (Lipinski definition) is 3. The van der Waals surface area contributed by atoms with Gasteiger partial charge in [0.1, 0.15) is 6.61 Å². The Hall–Kier alpha value is -3.39. The maximum Gasteiger partial charge on any atom is 0.407 e. The van der Waals surface area contributed by atoms with E-state index in [1.54, 1.807) is 6.92 Å². The molecule has 8 heteroatoms. The molecule has 186 valence electrons. The number of carbonyl (C=O) groups excluding carboxylic acids is 2. The van der Waals surface area contributed by atoms with Crippen LogP contribution in [0.25, 0.3) is 11.1 Å². The minimum absolute atomic E-state index is 0.00963. The molecule has 35 heavy (non-hydrogen) atoms. The molecule has 0 saturated carbocycles. The first-order valence-electron chi connectivity index (χ1n) is 12.1. The summed E-state index contributed by atoms with van der Waals surface area (Å²) < 4.78 is 10.8. The zero-order chi connectivity index (χ0) is 24.8. The monoisotopic (exact) mass is 480 g/mol. The summed E-state index contributed by atoms with van der Waals surface area (Å²) >= 11 is 0. The number of hydrogen-bond acceptors (Lipinski definition) is 5. The van der Waals surface area contributed by atoms with Crippen LogP contribution in [0.3, 0.4) is 0 Å². The first-order valence-corrected chi connectivity index (χ1v) is 12.1. The van der Waals surface area contributed by atoms with Crippen LogP contribution < -0.4 is 10.6 Å². The Bertz CT molecular complexity index is 1030. The maximum atomic E-state index is 12.5. The van der Waals surface area contributed by atoms with Crippen LogP contribution in [0.5, 0.6) is 0 Å². The fourth-order valence-electron chi connectivity index (χ4n) is 4.83. The van der Waals surface area contributed by atoms with E-state index in [0.29, 0.717) is 32.5 Å². The van der Waals surface area contributed by atoms with Gasteiger partial charge in [-0.05, 0) is 41.5 Å². The Labute approximate surface area is 205 Å². The third-order valence-corrected chi connectivity index (χ3v) is 7.14. The van der Waals surface area contributed by atoms with Gasteiger partial charge < -0.3 is 25.2 Å². The second-order valence-corrected chi connectivity index (χ2v) is 9.36. The van der Waals surface area contributed by atoms with Gasteiger partial charge >= 0.3 is 12.1 Å². The van der Waals surface area contributed by atoms with Crippen molar-refractivity contribution in [2.75, 3.05) is 32.9 Å². The largest absolute Gasteiger partial charge is 0.481 e. The van der Waals surface area contributed by atoms with E-state index in [0.717, 1.165) is 11.1 Å². The first kappa shape index (κ1) is 24.7. The second kappa shape index (κ2) is 10.9. The lowest BCUT2D eigenvalue weighted by atomic mass is 9.80. The first-order chi connectivity index (χ1) is 16.9. The van der Waals surface area contributed by atoms with Crippen LogP contribution in [-0.2, 0) is 19.1 Å². The van der Waals surface area contributed by atoms with Crippen molar-refractivity contribution in [3.05, 3.63) is 59.7 Å². The zero-order valence-electron chi connectivity index (χ0n) is 19.9. The fraction of sp³-hybridized carbons (Fsp3) is 0.444. The maximum absolute atomic E-state index is 12.5. The van der Waals surface area contributed by atoms with Gasteiger partial charge in [-0.2, -0.15) is 0 Å². The molecule has 8 nitrogen and oxygen atoms in total. The molecule has 2 aromatic rings. The van der Waals surface area contributed by atoms with Gasteiger partial charge in [0, 0.05) is 38.1 Å². The number of nitrogens with one attached hydrogen (secondary N) is 2. The van der Waals surface area contributed by atoms with Crippen molar-refractivity contribution >= 4 is 18.0 Å². The van der Waals surface area contributed by atoms with Gasteiger partial charge in [-0.3, -0.25) is 9.59 Å². The Kier molecular flexibility index (Phi) is 7.70. The van der Waals surface area contributed by atoms with E-state index in [1.165, 1.54) is 11.1 Å². The van der Waals surface area contributed by atoms with Gasteiger partial charge in [0.25, 0.3) is 0 Å². The highest BCUT2D eigenvalue weighted by atomic mass is 16.5. The molecular formula is C27H32N2O6. The molecule has 2 aliphatic rings. The highest BCUT2D eigenvalue weighted by Crippen LogP contribution is 2.44. The van der Waals surface area contributed by atoms with Crippen molar-refractivity contribution in [2.24, 2.45) is 11.3 Å². The molecule has 1 aliphatic carbocycles. The summed E-state index contributed by atoms with van der Waals surface area (Å²) in [6.45, 7) is 3.10. The summed E-state index contributed by atoms with van der Waals surface area (Å²) in [6, 6.07) is 16.3. The minimum atomic E-state index is -0.979. The molecule has 0 spiro atoms. The number of aliphatic carboxylic acids is 1. The average Bonchev–Trinajstić information content (AvgIpc) is 3.20. The number of ether oxygens (including phenoxy) is 2. The molecule has 1 unspecified atom stereocenters. The molecule has 0 bridgehead atoms. The summed E-state index contributed by atoms with van der Waals surface area (Å²) in [5.41, 5.74) is 3.66. The molecule has 1 fully saturated rings. The van der Waals surface area contributed by atoms with Crippen molar-refractivity contribution < 1.29 is 29.0 Å². The Morgan fingerprint density at radius 2 is 1.63 bits per heavy atom. The lowest BCUT2D eigenvalue weighted by Crippen LogP contribution is -2.47. The predicted molar refractivity (Wildman–Crippen MR) is 130 cm³/mol. The lowest BCUT2D eigenvalue weighted by Gasteiger charge is -2.33. The van der Waals surface area contributed by atoms with Gasteiger partial charge in [-0.15, -0.1) is 0 Å². The summed E-state index contributed by atoms with van der Waals surface area (Å²) in [4.78, 5) is 36.5. The van der Waals surface area contributed by atoms with Crippen molar-refractivity contribution in [1.82, 2.24) is 10.6 Å². The van der Waals surface area contributed by atoms with Crippen molar-refractivity contribution in [3.8, 4) is 11.1 Å². The highest BCUT2D eigenvalue weighted by molar-refractivity contribution is 5.81. The number of fused-ring (bicyclic) bond motifs is 3. The van der Waals surface area contributed by atoms with E-state index in [4.69, 9.17) is 9.47 Å². The molecule has 1 atom stereocenters. The smallest absolute Gasteiger partial charge is 0.407 e. The number of amides is 2. The van der Waals surface area contributed by atoms with Gasteiger partial charge in [-0.25, -0.2) is 4.79 Å². The molecule has 3 N–H and O–H groups in total. The molecule has 1 heterocycles. The van der Waals surface area contributed by atoms with Gasteiger partial charge in [0.2, 0.25) is 5.91 Å². The van der Waals surface area contributed by atoms with Crippen LogP contribution in [-0.4, -0.2) is 56.0 Å². The molecular weight excluding hydrogens is 448 g/mol. The van der Waals surface area contributed by atoms with E-state index in [-0.39, 0.29) is 37.4 Å². The van der Waals surface area contributed by atoms with Crippen molar-refractivity contribution in [3.63, 3.8) is 0 Å². The van der Waals surface area contributed by atoms with E-state index in [2.05, 4.69) is 34.9 Å². The molecule has 0 aromatic heterocycles. The van der Waals surface area contributed by atoms with Crippen molar-refractivity contribution in [2.45, 2.75) is 32.1 Å². The topological polar surface area (TPSA) is 114 Å². The van der Waals surface area contributed by atoms with Crippen LogP contribution in [0.2, 0.25) is 0 Å². The number of alkyl carbamates (subject to hydrolysis) is 1. The number of carboxylic acids is 1. The van der Waals surface area contributed by atoms with Crippen LogP contribution in [0.15, 0.2) is 48.5 Å². The average molecular weight is 481 g/mol. The predicted octanol–water partition coefficient (Wildman–Crippen LogP) is 3.55. The van der Waals surface area contributed by atoms with Crippen molar-refractivity contribution in [1.29, 1.82) is 0 Å². The quantitative estimate of drug-likeness (QED) is 0.506. The molecule has 2 amide bonds. The minimum Gasteiger partial charge on any atom is -0.481 e. The Morgan fingerprint density at radius 1 is 1.03 bits per heavy atom. The number of benzene rings is 2.